The summed E-state index contributed by atoms with van der Waals surface area (Å²) in [5, 5.41) is 0. The van der Waals surface area contributed by atoms with E-state index in [2.05, 4.69) is 4.98 Å². The van der Waals surface area contributed by atoms with Crippen LogP contribution < -0.4 is 10.5 Å². The molecule has 66 valence electrons. The van der Waals surface area contributed by atoms with E-state index in [1.165, 1.54) is 13.3 Å². The lowest BCUT2D eigenvalue weighted by Gasteiger charge is -2.06. The molecule has 4 heteroatoms. The van der Waals surface area contributed by atoms with Crippen molar-refractivity contribution in [3.05, 3.63) is 23.9 Å². The molecule has 0 amide bonds. The maximum absolute atomic E-state index is 12.1. The highest BCUT2D eigenvalue weighted by Crippen LogP contribution is 2.12. The van der Waals surface area contributed by atoms with E-state index in [9.17, 15) is 4.39 Å². The minimum atomic E-state index is -0.580. The molecule has 1 rings (SSSR count). The predicted octanol–water partition coefficient (Wildman–Crippen LogP) is 1.06. The Hall–Kier alpha value is -1.16. The molecule has 0 saturated carbocycles. The van der Waals surface area contributed by atoms with Crippen LogP contribution in [0.3, 0.4) is 0 Å². The second-order valence-electron chi connectivity index (χ2n) is 2.39. The van der Waals surface area contributed by atoms with E-state index in [1.807, 2.05) is 0 Å². The highest BCUT2D eigenvalue weighted by molar-refractivity contribution is 5.20. The van der Waals surface area contributed by atoms with Crippen molar-refractivity contribution < 1.29 is 9.13 Å². The van der Waals surface area contributed by atoms with E-state index in [0.717, 1.165) is 0 Å². The Balaban J connectivity index is 2.77. The van der Waals surface area contributed by atoms with Gasteiger partial charge in [-0.3, -0.25) is 0 Å². The molecule has 0 spiro atoms. The summed E-state index contributed by atoms with van der Waals surface area (Å²) in [6, 6.07) is 2.78. The molecule has 0 fully saturated rings. The summed E-state index contributed by atoms with van der Waals surface area (Å²) in [7, 11) is 1.52. The molecule has 0 aliphatic heterocycles. The Bertz CT molecular complexity index is 237. The van der Waals surface area contributed by atoms with Crippen LogP contribution in [0.25, 0.3) is 0 Å². The van der Waals surface area contributed by atoms with Gasteiger partial charge in [0.15, 0.2) is 0 Å². The first kappa shape index (κ1) is 8.93. The highest BCUT2D eigenvalue weighted by atomic mass is 19.1. The van der Waals surface area contributed by atoms with Crippen LogP contribution >= 0.6 is 0 Å². The summed E-state index contributed by atoms with van der Waals surface area (Å²) in [4.78, 5) is 3.90. The van der Waals surface area contributed by atoms with Crippen LogP contribution in [0.4, 0.5) is 4.39 Å². The first-order chi connectivity index (χ1) is 5.77. The fraction of sp³-hybridized carbons (Fsp3) is 0.375. The Labute approximate surface area is 70.4 Å². The van der Waals surface area contributed by atoms with Gasteiger partial charge in [-0.25, -0.2) is 9.37 Å². The smallest absolute Gasteiger partial charge is 0.212 e. The Morgan fingerprint density at radius 1 is 1.67 bits per heavy atom. The first-order valence-corrected chi connectivity index (χ1v) is 3.59. The molecule has 1 atom stereocenters. The van der Waals surface area contributed by atoms with E-state index in [4.69, 9.17) is 10.5 Å². The van der Waals surface area contributed by atoms with Crippen LogP contribution in [0.5, 0.6) is 5.88 Å². The lowest BCUT2D eigenvalue weighted by atomic mass is 10.1. The lowest BCUT2D eigenvalue weighted by molar-refractivity contribution is 0.396. The third-order valence-corrected chi connectivity index (χ3v) is 1.56. The van der Waals surface area contributed by atoms with Gasteiger partial charge in [-0.2, -0.15) is 0 Å². The lowest BCUT2D eigenvalue weighted by Crippen LogP contribution is -2.12. The molecule has 0 unspecified atom stereocenters. The van der Waals surface area contributed by atoms with Gasteiger partial charge in [0, 0.05) is 12.3 Å². The van der Waals surface area contributed by atoms with Gasteiger partial charge in [0.25, 0.3) is 0 Å². The fourth-order valence-electron chi connectivity index (χ4n) is 0.821. The average molecular weight is 170 g/mol. The monoisotopic (exact) mass is 170 g/mol. The number of alkyl halides is 1. The van der Waals surface area contributed by atoms with Crippen LogP contribution in [-0.4, -0.2) is 18.8 Å². The molecule has 12 heavy (non-hydrogen) atoms. The number of methoxy groups -OCH3 is 1. The normalized spacial score (nSPS) is 12.6. The molecule has 0 aliphatic rings. The van der Waals surface area contributed by atoms with Crippen LogP contribution in [0, 0.1) is 0 Å². The largest absolute Gasteiger partial charge is 0.481 e. The van der Waals surface area contributed by atoms with Crippen molar-refractivity contribution in [1.82, 2.24) is 4.98 Å². The zero-order valence-corrected chi connectivity index (χ0v) is 6.83. The summed E-state index contributed by atoms with van der Waals surface area (Å²) < 4.78 is 16.9. The maximum atomic E-state index is 12.1. The Kier molecular flexibility index (Phi) is 2.99. The van der Waals surface area contributed by atoms with Gasteiger partial charge in [-0.15, -0.1) is 0 Å². The number of hydrogen-bond donors (Lipinski definition) is 1. The Morgan fingerprint density at radius 2 is 2.42 bits per heavy atom. The van der Waals surface area contributed by atoms with Crippen molar-refractivity contribution in [1.29, 1.82) is 0 Å². The molecule has 1 aromatic rings. The third-order valence-electron chi connectivity index (χ3n) is 1.56. The van der Waals surface area contributed by atoms with Gasteiger partial charge in [0.2, 0.25) is 5.88 Å². The van der Waals surface area contributed by atoms with E-state index >= 15 is 0 Å². The van der Waals surface area contributed by atoms with Gasteiger partial charge in [0.1, 0.15) is 6.67 Å². The number of hydrogen-bond acceptors (Lipinski definition) is 3. The summed E-state index contributed by atoms with van der Waals surface area (Å²) in [6.07, 6.45) is 1.52. The number of halogens is 1. The van der Waals surface area contributed by atoms with Crippen LogP contribution in [0.2, 0.25) is 0 Å². The molecule has 2 N–H and O–H groups in total. The van der Waals surface area contributed by atoms with E-state index in [1.54, 1.807) is 12.1 Å². The van der Waals surface area contributed by atoms with Crippen LogP contribution in [0.15, 0.2) is 18.3 Å². The van der Waals surface area contributed by atoms with Crippen molar-refractivity contribution in [3.8, 4) is 5.88 Å². The van der Waals surface area contributed by atoms with Gasteiger partial charge < -0.3 is 10.5 Å². The predicted molar refractivity (Wildman–Crippen MR) is 43.7 cm³/mol. The van der Waals surface area contributed by atoms with E-state index < -0.39 is 12.7 Å². The van der Waals surface area contributed by atoms with Gasteiger partial charge in [-0.05, 0) is 5.56 Å². The zero-order valence-electron chi connectivity index (χ0n) is 6.83. The molecule has 0 aromatic carbocycles. The summed E-state index contributed by atoms with van der Waals surface area (Å²) in [5.74, 6) is 0.504. The van der Waals surface area contributed by atoms with Crippen molar-refractivity contribution in [2.24, 2.45) is 5.73 Å². The van der Waals surface area contributed by atoms with Crippen LogP contribution in [-0.2, 0) is 0 Å². The van der Waals surface area contributed by atoms with Crippen molar-refractivity contribution >= 4 is 0 Å². The maximum Gasteiger partial charge on any atom is 0.212 e. The molecular formula is C8H11FN2O. The molecule has 1 heterocycles. The second kappa shape index (κ2) is 4.01. The van der Waals surface area contributed by atoms with E-state index in [-0.39, 0.29) is 0 Å². The number of nitrogens with zero attached hydrogens (tertiary/aromatic N) is 1. The molecule has 0 bridgehead atoms. The number of nitrogens with two attached hydrogens (primary N) is 1. The summed E-state index contributed by atoms with van der Waals surface area (Å²) >= 11 is 0. The molecule has 1 aromatic heterocycles. The van der Waals surface area contributed by atoms with E-state index in [0.29, 0.717) is 11.4 Å². The number of rotatable bonds is 3. The van der Waals surface area contributed by atoms with Gasteiger partial charge >= 0.3 is 0 Å². The van der Waals surface area contributed by atoms with Crippen molar-refractivity contribution in [3.63, 3.8) is 0 Å². The molecule has 0 aliphatic carbocycles. The SMILES string of the molecule is COc1ccc([C@@H](N)CF)cn1. The van der Waals surface area contributed by atoms with Gasteiger partial charge in [-0.1, -0.05) is 6.07 Å². The molecule has 0 radical (unpaired) electrons. The molecule has 3 nitrogen and oxygen atoms in total. The summed E-state index contributed by atoms with van der Waals surface area (Å²) in [6.45, 7) is -0.575. The quantitative estimate of drug-likeness (QED) is 0.737. The minimum Gasteiger partial charge on any atom is -0.481 e. The number of ether oxygens (including phenoxy) is 1. The minimum absolute atomic E-state index is 0.504. The number of aromatic nitrogens is 1. The van der Waals surface area contributed by atoms with Crippen LogP contribution in [0.1, 0.15) is 11.6 Å². The first-order valence-electron chi connectivity index (χ1n) is 3.59. The summed E-state index contributed by atoms with van der Waals surface area (Å²) in [5.41, 5.74) is 6.11. The average Bonchev–Trinajstić information content (AvgIpc) is 2.17. The highest BCUT2D eigenvalue weighted by Gasteiger charge is 2.04. The fourth-order valence-corrected chi connectivity index (χ4v) is 0.821. The van der Waals surface area contributed by atoms with Crippen molar-refractivity contribution in [2.75, 3.05) is 13.8 Å². The third kappa shape index (κ3) is 1.92. The molecule has 0 saturated heterocycles. The molecular weight excluding hydrogens is 159 g/mol. The second-order valence-corrected chi connectivity index (χ2v) is 2.39. The standard InChI is InChI=1S/C8H11FN2O/c1-12-8-3-2-6(5-11-8)7(10)4-9/h2-3,5,7H,4,10H2,1H3/t7-/m0/s1. The topological polar surface area (TPSA) is 48.1 Å². The van der Waals surface area contributed by atoms with Gasteiger partial charge in [0.05, 0.1) is 13.2 Å². The number of pyridine rings is 1. The van der Waals surface area contributed by atoms with Crippen molar-refractivity contribution in [2.45, 2.75) is 6.04 Å². The Morgan fingerprint density at radius 3 is 2.83 bits per heavy atom. The zero-order chi connectivity index (χ0) is 8.97.